The van der Waals surface area contributed by atoms with Gasteiger partial charge in [-0.15, -0.1) is 0 Å². The average Bonchev–Trinajstić information content (AvgIpc) is 1.75. The van der Waals surface area contributed by atoms with Gasteiger partial charge in [-0.3, -0.25) is 62.7 Å². The van der Waals surface area contributed by atoms with E-state index in [0.29, 0.717) is 60.7 Å². The van der Waals surface area contributed by atoms with Crippen molar-refractivity contribution >= 4 is 93.8 Å². The van der Waals surface area contributed by atoms with Gasteiger partial charge in [0, 0.05) is 43.0 Å². The number of nitrogens with zero attached hydrogens (tertiary/aromatic N) is 2. The Morgan fingerprint density at radius 1 is 0.447 bits per heavy atom. The number of primary amides is 1. The molecule has 35 heteroatoms. The number of aliphatic imine (C=N–C) groups is 2. The molecule has 12 atom stereocenters. The Kier molecular flexibility index (Phi) is 39.4. The summed E-state index contributed by atoms with van der Waals surface area (Å²) in [6.07, 6.45) is 3.47. The fraction of sp³-hybridized carbons (Fsp3) is 0.588. The quantitative estimate of drug-likeness (QED) is 0.0147. The highest BCUT2D eigenvalue weighted by Gasteiger charge is 2.38. The Bertz CT molecular complexity index is 3310. The van der Waals surface area contributed by atoms with Crippen LogP contribution < -0.4 is 105 Å². The van der Waals surface area contributed by atoms with Gasteiger partial charge in [-0.25, -0.2) is 4.79 Å². The van der Waals surface area contributed by atoms with Crippen molar-refractivity contribution in [2.45, 2.75) is 210 Å². The molecule has 0 unspecified atom stereocenters. The lowest BCUT2D eigenvalue weighted by atomic mass is 9.96. The molecule has 0 saturated heterocycles. The van der Waals surface area contributed by atoms with Crippen molar-refractivity contribution in [1.29, 1.82) is 0 Å². The van der Waals surface area contributed by atoms with Gasteiger partial charge in [0.05, 0.1) is 12.5 Å². The monoisotopic (exact) mass is 1440 g/mol. The van der Waals surface area contributed by atoms with Crippen molar-refractivity contribution in [2.24, 2.45) is 73.4 Å². The lowest BCUT2D eigenvalue weighted by molar-refractivity contribution is -0.143. The van der Waals surface area contributed by atoms with Crippen LogP contribution in [0.4, 0.5) is 0 Å². The minimum Gasteiger partial charge on any atom is -0.480 e. The van der Waals surface area contributed by atoms with Crippen molar-refractivity contribution in [3.8, 4) is 0 Å². The molecule has 0 saturated carbocycles. The number of nitrogens with one attached hydrogen (secondary N) is 11. The number of guanidine groups is 2. The van der Waals surface area contributed by atoms with Gasteiger partial charge in [-0.1, -0.05) is 89.1 Å². The Balaban J connectivity index is 2.07. The van der Waals surface area contributed by atoms with Crippen LogP contribution in [0.5, 0.6) is 0 Å². The van der Waals surface area contributed by atoms with Gasteiger partial charge in [0.1, 0.15) is 60.4 Å². The van der Waals surface area contributed by atoms with Crippen molar-refractivity contribution in [3.63, 3.8) is 0 Å². The first kappa shape index (κ1) is 87.2. The number of fused-ring (bicyclic) bond motifs is 1. The van der Waals surface area contributed by atoms with E-state index in [0.717, 1.165) is 0 Å². The number of amides is 11. The zero-order valence-electron chi connectivity index (χ0n) is 59.8. The summed E-state index contributed by atoms with van der Waals surface area (Å²) in [5.74, 6) is -12.5. The van der Waals surface area contributed by atoms with Gasteiger partial charge in [0.2, 0.25) is 65.0 Å². The predicted octanol–water partition coefficient (Wildman–Crippen LogP) is -3.70. The number of H-pyrrole nitrogens is 1. The predicted molar refractivity (Wildman–Crippen MR) is 389 cm³/mol. The normalized spacial score (nSPS) is 14.7. The number of carboxylic acid groups (broad SMARTS) is 1. The van der Waals surface area contributed by atoms with E-state index in [-0.39, 0.29) is 109 Å². The van der Waals surface area contributed by atoms with E-state index in [1.54, 1.807) is 88.5 Å². The number of hydrogen-bond acceptors (Lipinski definition) is 18. The Hall–Kier alpha value is -10.00. The summed E-state index contributed by atoms with van der Waals surface area (Å²) in [5, 5.41) is 36.8. The fourth-order valence-corrected chi connectivity index (χ4v) is 10.9. The molecule has 103 heavy (non-hydrogen) atoms. The number of aliphatic carboxylic acids is 1. The number of rotatable bonds is 50. The summed E-state index contributed by atoms with van der Waals surface area (Å²) < 4.78 is 0. The molecule has 30 N–H and O–H groups in total. The zero-order valence-corrected chi connectivity index (χ0v) is 59.8. The molecule has 0 fully saturated rings. The third-order valence-corrected chi connectivity index (χ3v) is 17.1. The summed E-state index contributed by atoms with van der Waals surface area (Å²) in [5.41, 5.74) is 53.5. The average molecular weight is 1450 g/mol. The van der Waals surface area contributed by atoms with Crippen molar-refractivity contribution in [3.05, 3.63) is 71.9 Å². The minimum atomic E-state index is -1.79. The first-order chi connectivity index (χ1) is 48.9. The molecule has 11 amide bonds. The van der Waals surface area contributed by atoms with Crippen LogP contribution in [0, 0.1) is 11.8 Å². The van der Waals surface area contributed by atoms with Crippen LogP contribution in [0.15, 0.2) is 70.8 Å². The Labute approximate surface area is 600 Å². The molecule has 1 aromatic heterocycles. The van der Waals surface area contributed by atoms with Crippen LogP contribution in [-0.4, -0.2) is 192 Å². The molecule has 1 heterocycles. The third kappa shape index (κ3) is 31.8. The standard InChI is InChI=1S/C68H112N22O13/c1-6-39(4)55(65(101)81-40(5)56(92)89-54(38(2)3)66(102)103)90-64(100)50(34-41-20-8-7-9-21-41)86-63(99)52(36-53(73)91)88-60(96)47(26-14-17-31-71)83-58(94)46(25-13-16-30-70)85-62(98)51(35-42-37-80-45-24-11-10-22-43(42)45)87-61(97)49(28-19-33-79-68(76)77)84-59(95)48(27-18-32-78-67(74)75)82-57(93)44(72)23-12-15-29-69/h7-11,20-22,24,37-40,44,46-52,54-55,80H,6,12-19,23,25-36,69-72H2,1-5H3,(H2,73,91)(H,81,101)(H,82,93)(H,83,94)(H,84,95)(H,85,98)(H,86,99)(H,87,97)(H,88,96)(H,89,92)(H,90,100)(H,102,103)(H4,74,75,78)(H4,76,77,79)/t39-,40-,44-,46-,47-,48-,49-,50-,51-,52-,54-,55-/m0/s1. The minimum absolute atomic E-state index is 0.00412. The summed E-state index contributed by atoms with van der Waals surface area (Å²) in [6.45, 7) is 8.79. The number of benzene rings is 2. The maximum atomic E-state index is 15.1. The number of hydrogen-bond donors (Lipinski definition) is 21. The van der Waals surface area contributed by atoms with Crippen LogP contribution in [-0.2, 0) is 70.4 Å². The van der Waals surface area contributed by atoms with Gasteiger partial charge in [-0.2, -0.15) is 0 Å². The summed E-state index contributed by atoms with van der Waals surface area (Å²) >= 11 is 0. The van der Waals surface area contributed by atoms with Crippen molar-refractivity contribution < 1.29 is 62.6 Å². The zero-order chi connectivity index (χ0) is 76.7. The van der Waals surface area contributed by atoms with E-state index in [1.807, 2.05) is 0 Å². The Morgan fingerprint density at radius 2 is 0.854 bits per heavy atom. The maximum absolute atomic E-state index is 15.1. The van der Waals surface area contributed by atoms with E-state index >= 15 is 4.79 Å². The Morgan fingerprint density at radius 3 is 1.32 bits per heavy atom. The second kappa shape index (κ2) is 46.5. The number of unbranched alkanes of at least 4 members (excludes halogenated alkanes) is 3. The number of aromatic amines is 1. The number of carbonyl (C=O) groups is 12. The molecule has 0 aliphatic heterocycles. The van der Waals surface area contributed by atoms with E-state index in [9.17, 15) is 57.8 Å². The van der Waals surface area contributed by atoms with E-state index in [4.69, 9.17) is 51.6 Å². The van der Waals surface area contributed by atoms with Gasteiger partial charge >= 0.3 is 5.97 Å². The van der Waals surface area contributed by atoms with E-state index in [2.05, 4.69) is 68.1 Å². The fourth-order valence-electron chi connectivity index (χ4n) is 10.9. The van der Waals surface area contributed by atoms with Gasteiger partial charge in [-0.05, 0) is 133 Å². The summed E-state index contributed by atoms with van der Waals surface area (Å²) in [4.78, 5) is 179. The van der Waals surface area contributed by atoms with E-state index < -0.39 is 156 Å². The van der Waals surface area contributed by atoms with Crippen LogP contribution in [0.2, 0.25) is 0 Å². The highest BCUT2D eigenvalue weighted by atomic mass is 16.4. The molecule has 35 nitrogen and oxygen atoms in total. The van der Waals surface area contributed by atoms with Crippen LogP contribution in [0.3, 0.4) is 0 Å². The molecule has 572 valence electrons. The number of aromatic nitrogens is 1. The number of para-hydroxylation sites is 1. The van der Waals surface area contributed by atoms with Gasteiger partial charge < -0.3 is 115 Å². The van der Waals surface area contributed by atoms with Crippen LogP contribution in [0.1, 0.15) is 142 Å². The first-order valence-electron chi connectivity index (χ1n) is 35.0. The lowest BCUT2D eigenvalue weighted by Gasteiger charge is -2.29. The maximum Gasteiger partial charge on any atom is 0.326 e. The topological polar surface area (TPSA) is 620 Å². The third-order valence-electron chi connectivity index (χ3n) is 17.1. The summed E-state index contributed by atoms with van der Waals surface area (Å²) in [7, 11) is 0. The molecule has 0 radical (unpaired) electrons. The molecular weight excluding hydrogens is 1330 g/mol. The first-order valence-corrected chi connectivity index (χ1v) is 35.0. The van der Waals surface area contributed by atoms with Crippen LogP contribution >= 0.6 is 0 Å². The molecule has 0 aliphatic rings. The van der Waals surface area contributed by atoms with Crippen LogP contribution in [0.25, 0.3) is 10.9 Å². The largest absolute Gasteiger partial charge is 0.480 e. The van der Waals surface area contributed by atoms with Gasteiger partial charge in [0.15, 0.2) is 11.9 Å². The second-order valence-electron chi connectivity index (χ2n) is 25.9. The molecule has 3 aromatic rings. The highest BCUT2D eigenvalue weighted by molar-refractivity contribution is 6.00. The summed E-state index contributed by atoms with van der Waals surface area (Å²) in [6, 6.07) is 0.347. The van der Waals surface area contributed by atoms with Crippen molar-refractivity contribution in [2.75, 3.05) is 32.7 Å². The molecule has 0 bridgehead atoms. The molecule has 2 aromatic carbocycles. The number of carbonyl (C=O) groups excluding carboxylic acids is 11. The number of carboxylic acids is 1. The SMILES string of the molecule is CC[C@H](C)[C@H](NC(=O)[C@H](Cc1ccccc1)NC(=O)[C@H](CC(N)=O)NC(=O)[C@H](CCCCN)NC(=O)[C@H](CCCCN)NC(=O)[C@H](Cc1c[nH]c2ccccc12)NC(=O)[C@H](CCCN=C(N)N)NC(=O)[C@H](CCCN=C(N)N)NC(=O)[C@@H](N)CCCCN)C(=O)N[C@@H](C)C(=O)N[C@H](C(=O)O)C(C)C. The molecular formula is C68H112N22O13. The highest BCUT2D eigenvalue weighted by Crippen LogP contribution is 2.21. The number of nitrogens with two attached hydrogens (primary N) is 9. The van der Waals surface area contributed by atoms with Gasteiger partial charge in [0.25, 0.3) is 0 Å². The molecule has 0 spiro atoms. The van der Waals surface area contributed by atoms with Crippen molar-refractivity contribution in [1.82, 2.24) is 58.2 Å². The lowest BCUT2D eigenvalue weighted by Crippen LogP contribution is -2.61. The molecule has 0 aliphatic carbocycles. The smallest absolute Gasteiger partial charge is 0.326 e. The van der Waals surface area contributed by atoms with E-state index in [1.165, 1.54) is 6.92 Å². The second-order valence-corrected chi connectivity index (χ2v) is 25.9. The molecule has 3 rings (SSSR count).